The number of hydrogen-bond donors (Lipinski definition) is 3. The minimum Gasteiger partial charge on any atom is -0.373 e. The third kappa shape index (κ3) is 4.90. The number of fused-ring (bicyclic) bond motifs is 1. The van der Waals surface area contributed by atoms with Crippen molar-refractivity contribution >= 4 is 54.8 Å². The van der Waals surface area contributed by atoms with Crippen molar-refractivity contribution in [3.05, 3.63) is 34.9 Å². The van der Waals surface area contributed by atoms with Crippen molar-refractivity contribution in [1.29, 1.82) is 0 Å². The first-order valence-corrected chi connectivity index (χ1v) is 9.32. The van der Waals surface area contributed by atoms with Crippen molar-refractivity contribution in [3.63, 3.8) is 0 Å². The Hall–Kier alpha value is -2.19. The van der Waals surface area contributed by atoms with E-state index in [1.54, 1.807) is 11.3 Å². The lowest BCUT2D eigenvalue weighted by atomic mass is 10.1. The molecule has 132 valence electrons. The number of nitrogens with one attached hydrogen (secondary N) is 3. The van der Waals surface area contributed by atoms with Crippen LogP contribution < -0.4 is 16.0 Å². The number of nitrogens with zero attached hydrogens (tertiary/aromatic N) is 2. The van der Waals surface area contributed by atoms with Gasteiger partial charge in [-0.25, -0.2) is 9.97 Å². The molecule has 3 N–H and O–H groups in total. The smallest absolute Gasteiger partial charge is 0.207 e. The van der Waals surface area contributed by atoms with Crippen LogP contribution >= 0.6 is 27.3 Å². The molecule has 2 aromatic heterocycles. The first-order valence-electron chi connectivity index (χ1n) is 7.72. The maximum atomic E-state index is 9.29. The highest BCUT2D eigenvalue weighted by molar-refractivity contribution is 9.10. The van der Waals surface area contributed by atoms with Crippen molar-refractivity contribution in [2.45, 2.75) is 6.92 Å². The summed E-state index contributed by atoms with van der Waals surface area (Å²) in [7, 11) is 3.75. The summed E-state index contributed by atoms with van der Waals surface area (Å²) in [6, 6.07) is 8.18. The Morgan fingerprint density at radius 1 is 1.24 bits per heavy atom. The fourth-order valence-electron chi connectivity index (χ4n) is 2.10. The van der Waals surface area contributed by atoms with Gasteiger partial charge in [0.1, 0.15) is 5.82 Å². The fourth-order valence-corrected chi connectivity index (χ4v) is 3.49. The standard InChI is InChI=1S/C14H13BrN4S.C3H7NO/c1-16-12-4-3-8(7-18-12)10-5-9(15)6-11-13(10)20-14(17-2)19-11;1-2-4-3-5/h3-7H,1-2H3,(H,16,18)(H,17,19);3H,2H2,1H3,(H,4,5). The van der Waals surface area contributed by atoms with Gasteiger partial charge in [-0.15, -0.1) is 0 Å². The highest BCUT2D eigenvalue weighted by atomic mass is 79.9. The predicted octanol–water partition coefficient (Wildman–Crippen LogP) is 3.96. The molecule has 0 radical (unpaired) electrons. The third-order valence-corrected chi connectivity index (χ3v) is 4.87. The van der Waals surface area contributed by atoms with Crippen molar-refractivity contribution in [2.75, 3.05) is 31.3 Å². The Bertz CT molecular complexity index is 835. The number of aromatic nitrogens is 2. The molecule has 25 heavy (non-hydrogen) atoms. The molecule has 3 rings (SSSR count). The third-order valence-electron chi connectivity index (χ3n) is 3.29. The van der Waals surface area contributed by atoms with Crippen LogP contribution in [0.4, 0.5) is 10.9 Å². The molecule has 0 saturated heterocycles. The molecule has 0 aliphatic rings. The molecule has 0 spiro atoms. The zero-order valence-electron chi connectivity index (χ0n) is 14.3. The molecule has 6 nitrogen and oxygen atoms in total. The van der Waals surface area contributed by atoms with E-state index >= 15 is 0 Å². The second kappa shape index (κ2) is 9.33. The van der Waals surface area contributed by atoms with Crippen molar-refractivity contribution in [2.24, 2.45) is 0 Å². The van der Waals surface area contributed by atoms with Gasteiger partial charge in [-0.2, -0.15) is 0 Å². The normalized spacial score (nSPS) is 9.92. The minimum atomic E-state index is 0.681. The summed E-state index contributed by atoms with van der Waals surface area (Å²) in [4.78, 5) is 18.2. The van der Waals surface area contributed by atoms with Gasteiger partial charge in [0.25, 0.3) is 0 Å². The van der Waals surface area contributed by atoms with Crippen LogP contribution in [0, 0.1) is 0 Å². The number of hydrogen-bond acceptors (Lipinski definition) is 6. The largest absolute Gasteiger partial charge is 0.373 e. The molecular weight excluding hydrogens is 402 g/mol. The van der Waals surface area contributed by atoms with Crippen LogP contribution in [-0.2, 0) is 4.79 Å². The lowest BCUT2D eigenvalue weighted by Gasteiger charge is -2.05. The Balaban J connectivity index is 0.000000399. The van der Waals surface area contributed by atoms with Crippen molar-refractivity contribution < 1.29 is 4.79 Å². The Labute approximate surface area is 159 Å². The summed E-state index contributed by atoms with van der Waals surface area (Å²) < 4.78 is 2.18. The van der Waals surface area contributed by atoms with Crippen LogP contribution in [0.1, 0.15) is 6.92 Å². The summed E-state index contributed by atoms with van der Waals surface area (Å²) in [5.74, 6) is 0.861. The van der Waals surface area contributed by atoms with Gasteiger partial charge in [-0.05, 0) is 31.2 Å². The lowest BCUT2D eigenvalue weighted by Crippen LogP contribution is -2.07. The van der Waals surface area contributed by atoms with Crippen LogP contribution in [0.15, 0.2) is 34.9 Å². The van der Waals surface area contributed by atoms with Crippen LogP contribution in [0.2, 0.25) is 0 Å². The maximum Gasteiger partial charge on any atom is 0.207 e. The number of anilines is 2. The summed E-state index contributed by atoms with van der Waals surface area (Å²) in [6.45, 7) is 2.60. The van der Waals surface area contributed by atoms with E-state index in [4.69, 9.17) is 0 Å². The number of pyridine rings is 1. The highest BCUT2D eigenvalue weighted by Gasteiger charge is 2.11. The molecule has 0 atom stereocenters. The zero-order valence-corrected chi connectivity index (χ0v) is 16.7. The Morgan fingerprint density at radius 3 is 2.56 bits per heavy atom. The first kappa shape index (κ1) is 19.1. The minimum absolute atomic E-state index is 0.681. The molecule has 2 heterocycles. The molecule has 0 bridgehead atoms. The van der Waals surface area contributed by atoms with Crippen LogP contribution in [0.3, 0.4) is 0 Å². The van der Waals surface area contributed by atoms with Gasteiger partial charge in [-0.1, -0.05) is 27.3 Å². The molecule has 8 heteroatoms. The summed E-state index contributed by atoms with van der Waals surface area (Å²) in [5, 5.41) is 9.47. The molecule has 1 aromatic carbocycles. The average molecular weight is 422 g/mol. The summed E-state index contributed by atoms with van der Waals surface area (Å²) in [5.41, 5.74) is 3.21. The molecule has 1 amide bonds. The molecule has 0 unspecified atom stereocenters. The van der Waals surface area contributed by atoms with E-state index in [1.165, 1.54) is 0 Å². The topological polar surface area (TPSA) is 78.9 Å². The van der Waals surface area contributed by atoms with Gasteiger partial charge in [0, 0.05) is 42.4 Å². The van der Waals surface area contributed by atoms with E-state index in [0.29, 0.717) is 6.41 Å². The van der Waals surface area contributed by atoms with Crippen LogP contribution in [-0.4, -0.2) is 37.0 Å². The molecule has 0 saturated carbocycles. The Kier molecular flexibility index (Phi) is 7.15. The second-order valence-electron chi connectivity index (χ2n) is 4.93. The zero-order chi connectivity index (χ0) is 18.2. The monoisotopic (exact) mass is 421 g/mol. The van der Waals surface area contributed by atoms with E-state index < -0.39 is 0 Å². The number of carbonyl (C=O) groups is 1. The van der Waals surface area contributed by atoms with Gasteiger partial charge in [-0.3, -0.25) is 4.79 Å². The van der Waals surface area contributed by atoms with Crippen molar-refractivity contribution in [1.82, 2.24) is 15.3 Å². The van der Waals surface area contributed by atoms with Crippen LogP contribution in [0.25, 0.3) is 21.3 Å². The van der Waals surface area contributed by atoms with E-state index in [9.17, 15) is 4.79 Å². The van der Waals surface area contributed by atoms with Gasteiger partial charge >= 0.3 is 0 Å². The highest BCUT2D eigenvalue weighted by Crippen LogP contribution is 2.37. The quantitative estimate of drug-likeness (QED) is 0.543. The van der Waals surface area contributed by atoms with Crippen molar-refractivity contribution in [3.8, 4) is 11.1 Å². The number of rotatable bonds is 5. The molecule has 0 fully saturated rings. The summed E-state index contributed by atoms with van der Waals surface area (Å²) in [6.07, 6.45) is 2.56. The number of carbonyl (C=O) groups excluding carboxylic acids is 1. The van der Waals surface area contributed by atoms with Gasteiger partial charge < -0.3 is 16.0 Å². The first-order chi connectivity index (χ1) is 12.1. The number of amides is 1. The van der Waals surface area contributed by atoms with E-state index in [-0.39, 0.29) is 0 Å². The van der Waals surface area contributed by atoms with E-state index in [1.807, 2.05) is 39.3 Å². The SMILES string of the molecule is CCNC=O.CNc1ccc(-c2cc(Br)cc3nc(NC)sc23)cn1. The second-order valence-corrected chi connectivity index (χ2v) is 6.84. The maximum absolute atomic E-state index is 9.29. The molecule has 0 aliphatic heterocycles. The van der Waals surface area contributed by atoms with Crippen LogP contribution in [0.5, 0.6) is 0 Å². The average Bonchev–Trinajstić information content (AvgIpc) is 3.05. The van der Waals surface area contributed by atoms with E-state index in [0.717, 1.165) is 43.3 Å². The lowest BCUT2D eigenvalue weighted by molar-refractivity contribution is -0.109. The van der Waals surface area contributed by atoms with E-state index in [2.05, 4.69) is 54.0 Å². The van der Waals surface area contributed by atoms with Gasteiger partial charge in [0.05, 0.1) is 10.2 Å². The fraction of sp³-hybridized carbons (Fsp3) is 0.235. The number of benzene rings is 1. The number of thiazole rings is 1. The molecule has 3 aromatic rings. The molecule has 0 aliphatic carbocycles. The Morgan fingerprint density at radius 2 is 2.04 bits per heavy atom. The predicted molar refractivity (Wildman–Crippen MR) is 109 cm³/mol. The van der Waals surface area contributed by atoms with Gasteiger partial charge in [0.15, 0.2) is 5.13 Å². The molecular formula is C17H20BrN5OS. The summed E-state index contributed by atoms with van der Waals surface area (Å²) >= 11 is 5.20. The number of halogens is 1. The van der Waals surface area contributed by atoms with Gasteiger partial charge in [0.2, 0.25) is 6.41 Å².